The molecule has 0 saturated carbocycles. The van der Waals surface area contributed by atoms with Gasteiger partial charge in [-0.15, -0.1) is 6.58 Å². The van der Waals surface area contributed by atoms with Crippen molar-refractivity contribution in [2.75, 3.05) is 11.9 Å². The second-order valence-electron chi connectivity index (χ2n) is 2.92. The molecule has 1 aromatic carbocycles. The molecule has 15 heavy (non-hydrogen) atoms. The van der Waals surface area contributed by atoms with Gasteiger partial charge in [0.1, 0.15) is 0 Å². The summed E-state index contributed by atoms with van der Waals surface area (Å²) < 4.78 is 0. The SMILES string of the molecule is C=CCNc1ccc(CC(=O)[O-])cc1.[Na+]. The van der Waals surface area contributed by atoms with E-state index in [9.17, 15) is 9.90 Å². The van der Waals surface area contributed by atoms with E-state index in [-0.39, 0.29) is 36.0 Å². The summed E-state index contributed by atoms with van der Waals surface area (Å²) in [5.41, 5.74) is 1.70. The van der Waals surface area contributed by atoms with Crippen molar-refractivity contribution < 1.29 is 39.5 Å². The zero-order valence-electron chi connectivity index (χ0n) is 8.82. The van der Waals surface area contributed by atoms with Crippen LogP contribution >= 0.6 is 0 Å². The molecular formula is C11H12NNaO2. The van der Waals surface area contributed by atoms with Crippen LogP contribution in [0.5, 0.6) is 0 Å². The van der Waals surface area contributed by atoms with Gasteiger partial charge in [-0.25, -0.2) is 0 Å². The number of anilines is 1. The van der Waals surface area contributed by atoms with Crippen molar-refractivity contribution in [3.63, 3.8) is 0 Å². The number of carbonyl (C=O) groups is 1. The van der Waals surface area contributed by atoms with Crippen molar-refractivity contribution in [1.82, 2.24) is 0 Å². The van der Waals surface area contributed by atoms with Crippen LogP contribution in [0.15, 0.2) is 36.9 Å². The fourth-order valence-electron chi connectivity index (χ4n) is 1.10. The number of benzene rings is 1. The molecule has 0 spiro atoms. The molecule has 0 aliphatic heterocycles. The van der Waals surface area contributed by atoms with E-state index < -0.39 is 5.97 Å². The molecule has 0 aliphatic carbocycles. The largest absolute Gasteiger partial charge is 1.00 e. The summed E-state index contributed by atoms with van der Waals surface area (Å²) in [6.45, 7) is 4.28. The van der Waals surface area contributed by atoms with Gasteiger partial charge in [0.2, 0.25) is 0 Å². The third kappa shape index (κ3) is 5.62. The third-order valence-corrected chi connectivity index (χ3v) is 1.75. The van der Waals surface area contributed by atoms with Crippen molar-refractivity contribution in [3.8, 4) is 0 Å². The molecule has 0 aliphatic rings. The minimum absolute atomic E-state index is 0. The van der Waals surface area contributed by atoms with E-state index in [0.29, 0.717) is 6.54 Å². The zero-order chi connectivity index (χ0) is 10.4. The third-order valence-electron chi connectivity index (χ3n) is 1.75. The number of hydrogen-bond acceptors (Lipinski definition) is 3. The maximum atomic E-state index is 10.3. The van der Waals surface area contributed by atoms with Crippen molar-refractivity contribution >= 4 is 11.7 Å². The Kier molecular flexibility index (Phi) is 7.13. The number of carboxylic acids is 1. The molecule has 0 heterocycles. The second kappa shape index (κ2) is 7.51. The summed E-state index contributed by atoms with van der Waals surface area (Å²) in [5.74, 6) is -1.06. The molecule has 0 atom stereocenters. The fraction of sp³-hybridized carbons (Fsp3) is 0.182. The van der Waals surface area contributed by atoms with Crippen molar-refractivity contribution in [2.24, 2.45) is 0 Å². The first kappa shape index (κ1) is 14.2. The standard InChI is InChI=1S/C11H13NO2.Na/c1-2-7-12-10-5-3-9(4-6-10)8-11(13)14;/h2-6,12H,1,7-8H2,(H,13,14);/q;+1/p-1. The van der Waals surface area contributed by atoms with Crippen LogP contribution in [-0.4, -0.2) is 12.5 Å². The summed E-state index contributed by atoms with van der Waals surface area (Å²) in [4.78, 5) is 10.3. The van der Waals surface area contributed by atoms with E-state index in [1.54, 1.807) is 18.2 Å². The Morgan fingerprint density at radius 1 is 1.40 bits per heavy atom. The van der Waals surface area contributed by atoms with Crippen molar-refractivity contribution in [1.29, 1.82) is 0 Å². The van der Waals surface area contributed by atoms with Gasteiger partial charge >= 0.3 is 29.6 Å². The molecule has 0 saturated heterocycles. The first-order valence-electron chi connectivity index (χ1n) is 4.36. The van der Waals surface area contributed by atoms with Crippen LogP contribution in [0.4, 0.5) is 5.69 Å². The van der Waals surface area contributed by atoms with E-state index in [2.05, 4.69) is 11.9 Å². The fourth-order valence-corrected chi connectivity index (χ4v) is 1.10. The zero-order valence-corrected chi connectivity index (χ0v) is 10.8. The van der Waals surface area contributed by atoms with Crippen LogP contribution in [0.2, 0.25) is 0 Å². The predicted molar refractivity (Wildman–Crippen MR) is 53.8 cm³/mol. The molecule has 0 bridgehead atoms. The molecule has 0 aromatic heterocycles. The normalized spacial score (nSPS) is 8.80. The molecule has 0 amide bonds. The minimum atomic E-state index is -1.06. The second-order valence-corrected chi connectivity index (χ2v) is 2.92. The Balaban J connectivity index is 0.00000196. The van der Waals surface area contributed by atoms with Gasteiger partial charge in [0.25, 0.3) is 0 Å². The maximum absolute atomic E-state index is 10.3. The van der Waals surface area contributed by atoms with Crippen LogP contribution < -0.4 is 40.0 Å². The number of carbonyl (C=O) groups excluding carboxylic acids is 1. The van der Waals surface area contributed by atoms with E-state index in [1.165, 1.54) is 0 Å². The summed E-state index contributed by atoms with van der Waals surface area (Å²) >= 11 is 0. The quantitative estimate of drug-likeness (QED) is 0.437. The average molecular weight is 213 g/mol. The van der Waals surface area contributed by atoms with Gasteiger partial charge in [0, 0.05) is 24.6 Å². The van der Waals surface area contributed by atoms with Gasteiger partial charge in [-0.05, 0) is 17.7 Å². The molecule has 1 aromatic rings. The molecule has 0 fully saturated rings. The summed E-state index contributed by atoms with van der Waals surface area (Å²) in [5, 5.41) is 13.4. The van der Waals surface area contributed by atoms with Crippen LogP contribution in [0.25, 0.3) is 0 Å². The molecule has 1 N–H and O–H groups in total. The number of rotatable bonds is 5. The number of nitrogens with one attached hydrogen (secondary N) is 1. The van der Waals surface area contributed by atoms with Crippen molar-refractivity contribution in [3.05, 3.63) is 42.5 Å². The molecule has 4 heteroatoms. The van der Waals surface area contributed by atoms with Gasteiger partial charge in [-0.1, -0.05) is 18.2 Å². The van der Waals surface area contributed by atoms with Gasteiger partial charge in [0.05, 0.1) is 0 Å². The van der Waals surface area contributed by atoms with E-state index >= 15 is 0 Å². The van der Waals surface area contributed by atoms with E-state index in [1.807, 2.05) is 12.1 Å². The molecular weight excluding hydrogens is 201 g/mol. The predicted octanol–water partition coefficient (Wildman–Crippen LogP) is -2.42. The Morgan fingerprint density at radius 3 is 2.47 bits per heavy atom. The average Bonchev–Trinajstić information content (AvgIpc) is 2.16. The number of hydrogen-bond donors (Lipinski definition) is 1. The van der Waals surface area contributed by atoms with Gasteiger partial charge < -0.3 is 15.2 Å². The smallest absolute Gasteiger partial charge is 0.550 e. The van der Waals surface area contributed by atoms with Crippen LogP contribution in [0.3, 0.4) is 0 Å². The Labute approximate surface area is 111 Å². The topological polar surface area (TPSA) is 52.2 Å². The van der Waals surface area contributed by atoms with E-state index in [0.717, 1.165) is 11.3 Å². The maximum Gasteiger partial charge on any atom is 1.00 e. The first-order chi connectivity index (χ1) is 6.72. The number of carboxylic acid groups (broad SMARTS) is 1. The molecule has 1 rings (SSSR count). The van der Waals surface area contributed by atoms with Crippen LogP contribution in [0.1, 0.15) is 5.56 Å². The summed E-state index contributed by atoms with van der Waals surface area (Å²) in [6.07, 6.45) is 1.72. The first-order valence-corrected chi connectivity index (χ1v) is 4.36. The minimum Gasteiger partial charge on any atom is -0.550 e. The summed E-state index contributed by atoms with van der Waals surface area (Å²) in [7, 11) is 0. The Morgan fingerprint density at radius 2 is 2.00 bits per heavy atom. The molecule has 3 nitrogen and oxygen atoms in total. The monoisotopic (exact) mass is 213 g/mol. The van der Waals surface area contributed by atoms with Gasteiger partial charge in [-0.3, -0.25) is 0 Å². The van der Waals surface area contributed by atoms with Crippen LogP contribution in [0, 0.1) is 0 Å². The number of aliphatic carboxylic acids is 1. The Hall–Kier alpha value is -0.770. The van der Waals surface area contributed by atoms with Gasteiger partial charge in [0.15, 0.2) is 0 Å². The molecule has 74 valence electrons. The Bertz CT molecular complexity index is 322. The molecule has 0 unspecified atom stereocenters. The van der Waals surface area contributed by atoms with Crippen LogP contribution in [-0.2, 0) is 11.2 Å². The van der Waals surface area contributed by atoms with Crippen molar-refractivity contribution in [2.45, 2.75) is 6.42 Å². The van der Waals surface area contributed by atoms with Gasteiger partial charge in [-0.2, -0.15) is 0 Å². The van der Waals surface area contributed by atoms with E-state index in [4.69, 9.17) is 0 Å². The summed E-state index contributed by atoms with van der Waals surface area (Å²) in [6, 6.07) is 7.20. The molecule has 0 radical (unpaired) electrons.